The fourth-order valence-corrected chi connectivity index (χ4v) is 3.47. The van der Waals surface area contributed by atoms with Crippen molar-refractivity contribution in [1.82, 2.24) is 9.36 Å². The molecule has 0 bridgehead atoms. The Labute approximate surface area is 126 Å². The highest BCUT2D eigenvalue weighted by atomic mass is 32.1. The minimum Gasteiger partial charge on any atom is -0.393 e. The van der Waals surface area contributed by atoms with Crippen molar-refractivity contribution in [3.63, 3.8) is 0 Å². The molecule has 1 saturated carbocycles. The number of hydrogen-bond donors (Lipinski definition) is 2. The van der Waals surface area contributed by atoms with E-state index in [1.165, 1.54) is 30.8 Å². The number of anilines is 1. The summed E-state index contributed by atoms with van der Waals surface area (Å²) in [6, 6.07) is 0. The van der Waals surface area contributed by atoms with Gasteiger partial charge in [0, 0.05) is 23.5 Å². The zero-order chi connectivity index (χ0) is 14.6. The normalized spacial score (nSPS) is 23.8. The fourth-order valence-electron chi connectivity index (χ4n) is 2.68. The van der Waals surface area contributed by atoms with Crippen molar-refractivity contribution in [3.8, 4) is 0 Å². The average Bonchev–Trinajstić information content (AvgIpc) is 2.85. The van der Waals surface area contributed by atoms with Crippen LogP contribution in [-0.4, -0.2) is 27.1 Å². The molecule has 4 nitrogen and oxygen atoms in total. The van der Waals surface area contributed by atoms with Crippen LogP contribution in [0.25, 0.3) is 0 Å². The van der Waals surface area contributed by atoms with Gasteiger partial charge in [0.2, 0.25) is 5.13 Å². The molecule has 0 spiro atoms. The number of aliphatic hydroxyl groups is 1. The molecular weight excluding hydrogens is 270 g/mol. The molecule has 1 heterocycles. The standard InChI is InChI=1S/C15H27N3OS/c1-15(2,3)13-17-14(20-18-13)16-10-6-8-11-7-4-5-9-12(11)19/h11-12,19H,4-10H2,1-3H3,(H,16,17,18). The summed E-state index contributed by atoms with van der Waals surface area (Å²) in [6.07, 6.45) is 6.78. The topological polar surface area (TPSA) is 58.0 Å². The Kier molecular flexibility index (Phi) is 5.38. The number of hydrogen-bond acceptors (Lipinski definition) is 5. The van der Waals surface area contributed by atoms with Gasteiger partial charge in [0.25, 0.3) is 0 Å². The van der Waals surface area contributed by atoms with Crippen LogP contribution in [0.3, 0.4) is 0 Å². The van der Waals surface area contributed by atoms with Crippen LogP contribution in [0, 0.1) is 5.92 Å². The van der Waals surface area contributed by atoms with E-state index in [0.29, 0.717) is 5.92 Å². The van der Waals surface area contributed by atoms with Gasteiger partial charge >= 0.3 is 0 Å². The molecule has 1 aliphatic rings. The second kappa shape index (κ2) is 6.85. The molecule has 114 valence electrons. The maximum absolute atomic E-state index is 9.94. The summed E-state index contributed by atoms with van der Waals surface area (Å²) in [6.45, 7) is 7.30. The third kappa shape index (κ3) is 4.42. The monoisotopic (exact) mass is 297 g/mol. The summed E-state index contributed by atoms with van der Waals surface area (Å²) in [4.78, 5) is 4.53. The predicted octanol–water partition coefficient (Wildman–Crippen LogP) is 3.58. The second-order valence-corrected chi connectivity index (χ2v) is 7.61. The van der Waals surface area contributed by atoms with Crippen LogP contribution in [0.4, 0.5) is 5.13 Å². The van der Waals surface area contributed by atoms with Crippen molar-refractivity contribution in [2.75, 3.05) is 11.9 Å². The highest BCUT2D eigenvalue weighted by Crippen LogP contribution is 2.28. The summed E-state index contributed by atoms with van der Waals surface area (Å²) >= 11 is 1.44. The Morgan fingerprint density at radius 1 is 1.30 bits per heavy atom. The molecule has 0 radical (unpaired) electrons. The molecule has 1 aliphatic carbocycles. The van der Waals surface area contributed by atoms with Gasteiger partial charge in [-0.25, -0.2) is 4.98 Å². The highest BCUT2D eigenvalue weighted by Gasteiger charge is 2.22. The van der Waals surface area contributed by atoms with E-state index in [9.17, 15) is 5.11 Å². The van der Waals surface area contributed by atoms with Crippen LogP contribution in [0.15, 0.2) is 0 Å². The van der Waals surface area contributed by atoms with Crippen LogP contribution in [-0.2, 0) is 5.41 Å². The van der Waals surface area contributed by atoms with Crippen molar-refractivity contribution < 1.29 is 5.11 Å². The van der Waals surface area contributed by atoms with E-state index in [0.717, 1.165) is 36.8 Å². The minimum atomic E-state index is -0.0715. The summed E-state index contributed by atoms with van der Waals surface area (Å²) < 4.78 is 4.40. The first-order valence-corrected chi connectivity index (χ1v) is 8.50. The Balaban J connectivity index is 1.69. The lowest BCUT2D eigenvalue weighted by atomic mass is 9.83. The smallest absolute Gasteiger partial charge is 0.202 e. The first-order chi connectivity index (χ1) is 9.47. The third-order valence-corrected chi connectivity index (χ3v) is 4.67. The van der Waals surface area contributed by atoms with Crippen molar-refractivity contribution in [3.05, 3.63) is 5.82 Å². The van der Waals surface area contributed by atoms with E-state index in [1.807, 2.05) is 0 Å². The van der Waals surface area contributed by atoms with Crippen molar-refractivity contribution in [2.24, 2.45) is 5.92 Å². The number of aliphatic hydroxyl groups excluding tert-OH is 1. The Bertz CT molecular complexity index is 413. The lowest BCUT2D eigenvalue weighted by molar-refractivity contribution is 0.0648. The van der Waals surface area contributed by atoms with Crippen molar-refractivity contribution in [2.45, 2.75) is 70.8 Å². The van der Waals surface area contributed by atoms with Crippen LogP contribution in [0.1, 0.15) is 65.1 Å². The van der Waals surface area contributed by atoms with E-state index in [2.05, 4.69) is 35.4 Å². The summed E-state index contributed by atoms with van der Waals surface area (Å²) in [5, 5.41) is 14.2. The molecule has 2 rings (SSSR count). The maximum atomic E-state index is 9.94. The molecule has 0 saturated heterocycles. The van der Waals surface area contributed by atoms with Gasteiger partial charge in [0.05, 0.1) is 6.10 Å². The number of nitrogens with zero attached hydrogens (tertiary/aromatic N) is 2. The molecule has 2 unspecified atom stereocenters. The predicted molar refractivity (Wildman–Crippen MR) is 84.3 cm³/mol. The van der Waals surface area contributed by atoms with Gasteiger partial charge in [0.15, 0.2) is 0 Å². The largest absolute Gasteiger partial charge is 0.393 e. The summed E-state index contributed by atoms with van der Waals surface area (Å²) in [5.74, 6) is 1.41. The number of aromatic nitrogens is 2. The van der Waals surface area contributed by atoms with Crippen molar-refractivity contribution >= 4 is 16.7 Å². The third-order valence-electron chi connectivity index (χ3n) is 3.99. The molecule has 0 amide bonds. The number of nitrogens with one attached hydrogen (secondary N) is 1. The van der Waals surface area contributed by atoms with E-state index in [-0.39, 0.29) is 11.5 Å². The van der Waals surface area contributed by atoms with Gasteiger partial charge in [0.1, 0.15) is 5.82 Å². The van der Waals surface area contributed by atoms with Gasteiger partial charge < -0.3 is 10.4 Å². The first kappa shape index (κ1) is 15.7. The summed E-state index contributed by atoms with van der Waals surface area (Å²) in [7, 11) is 0. The first-order valence-electron chi connectivity index (χ1n) is 7.73. The lowest BCUT2D eigenvalue weighted by Crippen LogP contribution is -2.24. The minimum absolute atomic E-state index is 0.0165. The molecule has 20 heavy (non-hydrogen) atoms. The molecular formula is C15H27N3OS. The zero-order valence-electron chi connectivity index (χ0n) is 12.9. The van der Waals surface area contributed by atoms with E-state index in [1.54, 1.807) is 0 Å². The molecule has 2 N–H and O–H groups in total. The van der Waals surface area contributed by atoms with Crippen LogP contribution in [0.2, 0.25) is 0 Å². The van der Waals surface area contributed by atoms with Crippen molar-refractivity contribution in [1.29, 1.82) is 0 Å². The lowest BCUT2D eigenvalue weighted by Gasteiger charge is -2.27. The zero-order valence-corrected chi connectivity index (χ0v) is 13.7. The molecule has 1 fully saturated rings. The molecule has 1 aromatic rings. The van der Waals surface area contributed by atoms with Gasteiger partial charge in [-0.05, 0) is 31.6 Å². The Morgan fingerprint density at radius 2 is 2.05 bits per heavy atom. The average molecular weight is 297 g/mol. The summed E-state index contributed by atoms with van der Waals surface area (Å²) in [5.41, 5.74) is 0.0165. The van der Waals surface area contributed by atoms with E-state index < -0.39 is 0 Å². The second-order valence-electron chi connectivity index (χ2n) is 6.85. The van der Waals surface area contributed by atoms with Gasteiger partial charge in [-0.1, -0.05) is 33.6 Å². The van der Waals surface area contributed by atoms with Crippen LogP contribution in [0.5, 0.6) is 0 Å². The SMILES string of the molecule is CC(C)(C)c1nsc(NCCCC2CCCCC2O)n1. The quantitative estimate of drug-likeness (QED) is 0.816. The highest BCUT2D eigenvalue weighted by molar-refractivity contribution is 7.09. The van der Waals surface area contributed by atoms with Gasteiger partial charge in [-0.15, -0.1) is 0 Å². The molecule has 5 heteroatoms. The molecule has 0 aliphatic heterocycles. The molecule has 2 atom stereocenters. The van der Waals surface area contributed by atoms with Gasteiger partial charge in [-0.3, -0.25) is 0 Å². The fraction of sp³-hybridized carbons (Fsp3) is 0.867. The molecule has 1 aromatic heterocycles. The Hall–Kier alpha value is -0.680. The van der Waals surface area contributed by atoms with Gasteiger partial charge in [-0.2, -0.15) is 4.37 Å². The van der Waals surface area contributed by atoms with Crippen LogP contribution < -0.4 is 5.32 Å². The van der Waals surface area contributed by atoms with E-state index in [4.69, 9.17) is 0 Å². The van der Waals surface area contributed by atoms with Crippen LogP contribution >= 0.6 is 11.5 Å². The van der Waals surface area contributed by atoms with E-state index >= 15 is 0 Å². The Morgan fingerprint density at radius 3 is 2.70 bits per heavy atom. The maximum Gasteiger partial charge on any atom is 0.202 e. The molecule has 0 aromatic carbocycles. The number of rotatable bonds is 5.